The molecule has 0 fully saturated rings. The lowest BCUT2D eigenvalue weighted by atomic mass is 9.82. The molecular weight excluding hydrogens is 284 g/mol. The standard InChI is InChI=1S/C17H20O3S/c1-17(2,3)16-10-9-15(21(18,19)20)12-14(16)11-13-7-5-4-6-8-13/h4-10,12H,11H2,1-3H3,(H,18,19,20). The van der Waals surface area contributed by atoms with Crippen molar-refractivity contribution in [2.24, 2.45) is 0 Å². The van der Waals surface area contributed by atoms with Crippen molar-refractivity contribution in [2.75, 3.05) is 0 Å². The van der Waals surface area contributed by atoms with Crippen molar-refractivity contribution in [3.63, 3.8) is 0 Å². The van der Waals surface area contributed by atoms with E-state index in [-0.39, 0.29) is 10.3 Å². The van der Waals surface area contributed by atoms with Gasteiger partial charge in [0, 0.05) is 0 Å². The molecule has 0 spiro atoms. The van der Waals surface area contributed by atoms with E-state index in [4.69, 9.17) is 0 Å². The van der Waals surface area contributed by atoms with Crippen LogP contribution < -0.4 is 0 Å². The summed E-state index contributed by atoms with van der Waals surface area (Å²) in [5, 5.41) is 0. The summed E-state index contributed by atoms with van der Waals surface area (Å²) in [5.74, 6) is 0. The fraction of sp³-hybridized carbons (Fsp3) is 0.294. The largest absolute Gasteiger partial charge is 0.294 e. The van der Waals surface area contributed by atoms with Crippen molar-refractivity contribution < 1.29 is 13.0 Å². The van der Waals surface area contributed by atoms with Gasteiger partial charge in [-0.3, -0.25) is 4.55 Å². The fourth-order valence-corrected chi connectivity index (χ4v) is 2.96. The molecule has 0 atom stereocenters. The van der Waals surface area contributed by atoms with Gasteiger partial charge in [-0.15, -0.1) is 0 Å². The summed E-state index contributed by atoms with van der Waals surface area (Å²) in [7, 11) is -4.18. The Hall–Kier alpha value is -1.65. The third kappa shape index (κ3) is 3.93. The van der Waals surface area contributed by atoms with E-state index in [1.165, 1.54) is 6.07 Å². The van der Waals surface area contributed by atoms with Crippen molar-refractivity contribution in [3.8, 4) is 0 Å². The van der Waals surface area contributed by atoms with Gasteiger partial charge in [0.15, 0.2) is 0 Å². The second kappa shape index (κ2) is 5.62. The third-order valence-electron chi connectivity index (χ3n) is 3.42. The zero-order chi connectivity index (χ0) is 15.7. The molecule has 3 nitrogen and oxygen atoms in total. The minimum absolute atomic E-state index is 0.0542. The van der Waals surface area contributed by atoms with Crippen LogP contribution in [0.4, 0.5) is 0 Å². The predicted octanol–water partition coefficient (Wildman–Crippen LogP) is 3.82. The quantitative estimate of drug-likeness (QED) is 0.877. The van der Waals surface area contributed by atoms with Gasteiger partial charge in [0.2, 0.25) is 0 Å². The second-order valence-electron chi connectivity index (χ2n) is 6.21. The van der Waals surface area contributed by atoms with E-state index in [2.05, 4.69) is 20.8 Å². The molecule has 1 N–H and O–H groups in total. The molecular formula is C17H20O3S. The number of rotatable bonds is 3. The zero-order valence-corrected chi connectivity index (χ0v) is 13.3. The van der Waals surface area contributed by atoms with E-state index >= 15 is 0 Å². The molecule has 0 unspecified atom stereocenters. The van der Waals surface area contributed by atoms with E-state index in [0.29, 0.717) is 6.42 Å². The van der Waals surface area contributed by atoms with Crippen LogP contribution in [-0.2, 0) is 22.0 Å². The van der Waals surface area contributed by atoms with E-state index in [9.17, 15) is 13.0 Å². The maximum absolute atomic E-state index is 11.4. The molecule has 0 amide bonds. The maximum atomic E-state index is 11.4. The van der Waals surface area contributed by atoms with Crippen LogP contribution >= 0.6 is 0 Å². The maximum Gasteiger partial charge on any atom is 0.294 e. The van der Waals surface area contributed by atoms with Gasteiger partial charge < -0.3 is 0 Å². The molecule has 0 aliphatic heterocycles. The van der Waals surface area contributed by atoms with Gasteiger partial charge in [0.25, 0.3) is 10.1 Å². The SMILES string of the molecule is CC(C)(C)c1ccc(S(=O)(=O)O)cc1Cc1ccccc1. The number of hydrogen-bond donors (Lipinski definition) is 1. The highest BCUT2D eigenvalue weighted by Crippen LogP contribution is 2.29. The molecule has 2 aromatic carbocycles. The Morgan fingerprint density at radius 3 is 2.14 bits per heavy atom. The molecule has 0 heterocycles. The Labute approximate surface area is 126 Å². The monoisotopic (exact) mass is 304 g/mol. The first-order chi connectivity index (χ1) is 9.68. The molecule has 0 aromatic heterocycles. The molecule has 4 heteroatoms. The van der Waals surface area contributed by atoms with Gasteiger partial charge in [-0.25, -0.2) is 0 Å². The zero-order valence-electron chi connectivity index (χ0n) is 12.5. The molecule has 0 saturated heterocycles. The van der Waals surface area contributed by atoms with Gasteiger partial charge >= 0.3 is 0 Å². The summed E-state index contributed by atoms with van der Waals surface area (Å²) in [6.07, 6.45) is 0.636. The minimum atomic E-state index is -4.18. The van der Waals surface area contributed by atoms with E-state index in [0.717, 1.165) is 16.7 Å². The first-order valence-electron chi connectivity index (χ1n) is 6.83. The van der Waals surface area contributed by atoms with Crippen LogP contribution in [0.1, 0.15) is 37.5 Å². The minimum Gasteiger partial charge on any atom is -0.282 e. The van der Waals surface area contributed by atoms with E-state index in [1.54, 1.807) is 12.1 Å². The van der Waals surface area contributed by atoms with Crippen LogP contribution in [-0.4, -0.2) is 13.0 Å². The lowest BCUT2D eigenvalue weighted by Gasteiger charge is -2.23. The summed E-state index contributed by atoms with van der Waals surface area (Å²) in [6.45, 7) is 6.26. The highest BCUT2D eigenvalue weighted by Gasteiger charge is 2.20. The summed E-state index contributed by atoms with van der Waals surface area (Å²) < 4.78 is 32.0. The average molecular weight is 304 g/mol. The molecule has 0 bridgehead atoms. The van der Waals surface area contributed by atoms with Crippen LogP contribution in [0.3, 0.4) is 0 Å². The van der Waals surface area contributed by atoms with Crippen LogP contribution in [0.15, 0.2) is 53.4 Å². The van der Waals surface area contributed by atoms with Gasteiger partial charge in [-0.2, -0.15) is 8.42 Å². The van der Waals surface area contributed by atoms with Gasteiger partial charge in [0.1, 0.15) is 0 Å². The van der Waals surface area contributed by atoms with Crippen molar-refractivity contribution in [1.29, 1.82) is 0 Å². The Morgan fingerprint density at radius 2 is 1.62 bits per heavy atom. The fourth-order valence-electron chi connectivity index (χ4n) is 2.42. The van der Waals surface area contributed by atoms with Crippen LogP contribution in [0.5, 0.6) is 0 Å². The molecule has 0 saturated carbocycles. The smallest absolute Gasteiger partial charge is 0.282 e. The summed E-state index contributed by atoms with van der Waals surface area (Å²) >= 11 is 0. The van der Waals surface area contributed by atoms with E-state index < -0.39 is 10.1 Å². The normalized spacial score (nSPS) is 12.4. The average Bonchev–Trinajstić information content (AvgIpc) is 2.37. The summed E-state index contributed by atoms with van der Waals surface area (Å²) in [6, 6.07) is 14.7. The highest BCUT2D eigenvalue weighted by atomic mass is 32.2. The Kier molecular flexibility index (Phi) is 4.21. The summed E-state index contributed by atoms with van der Waals surface area (Å²) in [5.41, 5.74) is 3.01. The first kappa shape index (κ1) is 15.7. The van der Waals surface area contributed by atoms with Crippen LogP contribution in [0, 0.1) is 0 Å². The number of benzene rings is 2. The van der Waals surface area contributed by atoms with Crippen molar-refractivity contribution >= 4 is 10.1 Å². The second-order valence-corrected chi connectivity index (χ2v) is 7.63. The predicted molar refractivity (Wildman–Crippen MR) is 84.2 cm³/mol. The summed E-state index contributed by atoms with van der Waals surface area (Å²) in [4.78, 5) is -0.0542. The Bertz CT molecular complexity index is 726. The van der Waals surface area contributed by atoms with Crippen LogP contribution in [0.25, 0.3) is 0 Å². The van der Waals surface area contributed by atoms with Crippen molar-refractivity contribution in [3.05, 3.63) is 65.2 Å². The molecule has 0 radical (unpaired) electrons. The van der Waals surface area contributed by atoms with Crippen molar-refractivity contribution in [2.45, 2.75) is 37.5 Å². The highest BCUT2D eigenvalue weighted by molar-refractivity contribution is 7.85. The van der Waals surface area contributed by atoms with Gasteiger partial charge in [-0.05, 0) is 40.7 Å². The molecule has 112 valence electrons. The molecule has 0 aliphatic carbocycles. The topological polar surface area (TPSA) is 54.4 Å². The molecule has 0 aliphatic rings. The van der Waals surface area contributed by atoms with Gasteiger partial charge in [0.05, 0.1) is 4.90 Å². The van der Waals surface area contributed by atoms with Crippen LogP contribution in [0.2, 0.25) is 0 Å². The Morgan fingerprint density at radius 1 is 1.00 bits per heavy atom. The van der Waals surface area contributed by atoms with E-state index in [1.807, 2.05) is 30.3 Å². The number of hydrogen-bond acceptors (Lipinski definition) is 2. The van der Waals surface area contributed by atoms with Crippen molar-refractivity contribution in [1.82, 2.24) is 0 Å². The lowest BCUT2D eigenvalue weighted by Crippen LogP contribution is -2.15. The Balaban J connectivity index is 2.54. The van der Waals surface area contributed by atoms with Gasteiger partial charge in [-0.1, -0.05) is 57.2 Å². The first-order valence-corrected chi connectivity index (χ1v) is 8.27. The third-order valence-corrected chi connectivity index (χ3v) is 4.27. The molecule has 2 aromatic rings. The molecule has 2 rings (SSSR count). The molecule has 21 heavy (non-hydrogen) atoms. The lowest BCUT2D eigenvalue weighted by molar-refractivity contribution is 0.482.